The van der Waals surface area contributed by atoms with Gasteiger partial charge in [0.15, 0.2) is 0 Å². The molecule has 4 heteroatoms. The molecular weight excluding hydrogens is 208 g/mol. The van der Waals surface area contributed by atoms with E-state index in [1.807, 2.05) is 0 Å². The van der Waals surface area contributed by atoms with Crippen LogP contribution in [0, 0.1) is 5.92 Å². The first-order chi connectivity index (χ1) is 7.28. The molecule has 1 aliphatic heterocycles. The van der Waals surface area contributed by atoms with Crippen molar-refractivity contribution in [2.45, 2.75) is 19.3 Å². The van der Waals surface area contributed by atoms with E-state index in [0.717, 1.165) is 18.0 Å². The number of nitrogens with zero attached hydrogens (tertiary/aromatic N) is 2. The maximum absolute atomic E-state index is 8.81. The number of aliphatic hydroxyl groups excluding tert-OH is 1. The van der Waals surface area contributed by atoms with Gasteiger partial charge in [-0.15, -0.1) is 11.3 Å². The molecule has 1 aliphatic rings. The van der Waals surface area contributed by atoms with Crippen molar-refractivity contribution < 1.29 is 5.11 Å². The molecular formula is C11H18N2OS. The fraction of sp³-hybridized carbons (Fsp3) is 0.727. The van der Waals surface area contributed by atoms with E-state index in [1.165, 1.54) is 24.5 Å². The number of hydrogen-bond donors (Lipinski definition) is 1. The Kier molecular flexibility index (Phi) is 3.72. The van der Waals surface area contributed by atoms with Gasteiger partial charge < -0.3 is 10.0 Å². The largest absolute Gasteiger partial charge is 0.396 e. The van der Waals surface area contributed by atoms with Crippen LogP contribution in [-0.2, 0) is 12.8 Å². The lowest BCUT2D eigenvalue weighted by molar-refractivity contribution is 0.298. The Morgan fingerprint density at radius 1 is 1.67 bits per heavy atom. The van der Waals surface area contributed by atoms with Gasteiger partial charge in [-0.3, -0.25) is 0 Å². The van der Waals surface area contributed by atoms with Crippen LogP contribution >= 0.6 is 11.3 Å². The summed E-state index contributed by atoms with van der Waals surface area (Å²) in [5.41, 5.74) is 1.05. The van der Waals surface area contributed by atoms with Crippen LogP contribution in [0.2, 0.25) is 0 Å². The summed E-state index contributed by atoms with van der Waals surface area (Å²) in [4.78, 5) is 6.91. The van der Waals surface area contributed by atoms with Crippen molar-refractivity contribution in [2.24, 2.45) is 5.92 Å². The molecule has 1 fully saturated rings. The fourth-order valence-corrected chi connectivity index (χ4v) is 3.06. The standard InChI is InChI=1S/C11H18N2OS/c1-13-4-2-9(7-13)6-11-12-10(3-5-14)8-15-11/h8-9,14H,2-7H2,1H3. The summed E-state index contributed by atoms with van der Waals surface area (Å²) in [6.45, 7) is 2.63. The van der Waals surface area contributed by atoms with Crippen molar-refractivity contribution in [3.63, 3.8) is 0 Å². The zero-order chi connectivity index (χ0) is 10.7. The monoisotopic (exact) mass is 226 g/mol. The molecule has 1 N–H and O–H groups in total. The lowest BCUT2D eigenvalue weighted by Crippen LogP contribution is -2.14. The number of hydrogen-bond acceptors (Lipinski definition) is 4. The Hall–Kier alpha value is -0.450. The fourth-order valence-electron chi connectivity index (χ4n) is 2.11. The summed E-state index contributed by atoms with van der Waals surface area (Å²) in [5, 5.41) is 12.1. The van der Waals surface area contributed by atoms with Crippen LogP contribution in [0.4, 0.5) is 0 Å². The van der Waals surface area contributed by atoms with Crippen LogP contribution in [0.5, 0.6) is 0 Å². The molecule has 0 saturated carbocycles. The first kappa shape index (κ1) is 11.0. The highest BCUT2D eigenvalue weighted by Crippen LogP contribution is 2.21. The highest BCUT2D eigenvalue weighted by atomic mass is 32.1. The average Bonchev–Trinajstić information content (AvgIpc) is 2.78. The van der Waals surface area contributed by atoms with Gasteiger partial charge in [-0.25, -0.2) is 4.98 Å². The van der Waals surface area contributed by atoms with E-state index in [2.05, 4.69) is 22.3 Å². The van der Waals surface area contributed by atoms with Gasteiger partial charge in [0, 0.05) is 31.4 Å². The molecule has 1 aromatic heterocycles. The molecule has 0 spiro atoms. The maximum Gasteiger partial charge on any atom is 0.0931 e. The molecule has 3 nitrogen and oxygen atoms in total. The van der Waals surface area contributed by atoms with Crippen LogP contribution in [0.15, 0.2) is 5.38 Å². The van der Waals surface area contributed by atoms with Crippen LogP contribution in [-0.4, -0.2) is 41.7 Å². The number of aliphatic hydroxyl groups is 1. The van der Waals surface area contributed by atoms with Gasteiger partial charge >= 0.3 is 0 Å². The summed E-state index contributed by atoms with van der Waals surface area (Å²) in [6.07, 6.45) is 3.10. The molecule has 1 atom stereocenters. The Bertz CT molecular complexity index is 313. The second-order valence-electron chi connectivity index (χ2n) is 4.33. The zero-order valence-electron chi connectivity index (χ0n) is 9.15. The number of thiazole rings is 1. The van der Waals surface area contributed by atoms with E-state index in [9.17, 15) is 0 Å². The predicted octanol–water partition coefficient (Wildman–Crippen LogP) is 1.17. The third-order valence-electron chi connectivity index (χ3n) is 2.92. The van der Waals surface area contributed by atoms with Gasteiger partial charge in [-0.2, -0.15) is 0 Å². The second-order valence-corrected chi connectivity index (χ2v) is 5.27. The normalized spacial score (nSPS) is 22.4. The summed E-state index contributed by atoms with van der Waals surface area (Å²) in [6, 6.07) is 0. The maximum atomic E-state index is 8.81. The Morgan fingerprint density at radius 3 is 3.20 bits per heavy atom. The molecule has 2 heterocycles. The lowest BCUT2D eigenvalue weighted by Gasteiger charge is -2.07. The van der Waals surface area contributed by atoms with Crippen molar-refractivity contribution in [2.75, 3.05) is 26.7 Å². The topological polar surface area (TPSA) is 36.4 Å². The van der Waals surface area contributed by atoms with Gasteiger partial charge in [-0.1, -0.05) is 0 Å². The molecule has 0 radical (unpaired) electrons. The summed E-state index contributed by atoms with van der Waals surface area (Å²) < 4.78 is 0. The second kappa shape index (κ2) is 5.05. The summed E-state index contributed by atoms with van der Waals surface area (Å²) in [7, 11) is 2.18. The van der Waals surface area contributed by atoms with E-state index in [1.54, 1.807) is 11.3 Å². The van der Waals surface area contributed by atoms with Crippen LogP contribution < -0.4 is 0 Å². The average molecular weight is 226 g/mol. The highest BCUT2D eigenvalue weighted by Gasteiger charge is 2.20. The Labute approximate surface area is 94.8 Å². The Balaban J connectivity index is 1.87. The van der Waals surface area contributed by atoms with Gasteiger partial charge in [0.2, 0.25) is 0 Å². The molecule has 1 saturated heterocycles. The minimum atomic E-state index is 0.204. The van der Waals surface area contributed by atoms with Crippen molar-refractivity contribution in [3.8, 4) is 0 Å². The third-order valence-corrected chi connectivity index (χ3v) is 3.84. The van der Waals surface area contributed by atoms with Crippen LogP contribution in [0.3, 0.4) is 0 Å². The van der Waals surface area contributed by atoms with E-state index in [-0.39, 0.29) is 6.61 Å². The van der Waals surface area contributed by atoms with Gasteiger partial charge in [0.1, 0.15) is 0 Å². The Morgan fingerprint density at radius 2 is 2.53 bits per heavy atom. The SMILES string of the molecule is CN1CCC(Cc2nc(CCO)cs2)C1. The molecule has 84 valence electrons. The third kappa shape index (κ3) is 3.00. The van der Waals surface area contributed by atoms with Crippen molar-refractivity contribution >= 4 is 11.3 Å². The first-order valence-corrected chi connectivity index (χ1v) is 6.38. The van der Waals surface area contributed by atoms with Crippen molar-refractivity contribution in [3.05, 3.63) is 16.1 Å². The van der Waals surface area contributed by atoms with Crippen LogP contribution in [0.25, 0.3) is 0 Å². The highest BCUT2D eigenvalue weighted by molar-refractivity contribution is 7.09. The number of rotatable bonds is 4. The quantitative estimate of drug-likeness (QED) is 0.837. The zero-order valence-corrected chi connectivity index (χ0v) is 9.96. The molecule has 15 heavy (non-hydrogen) atoms. The minimum absolute atomic E-state index is 0.204. The molecule has 1 unspecified atom stereocenters. The molecule has 0 bridgehead atoms. The lowest BCUT2D eigenvalue weighted by atomic mass is 10.1. The molecule has 0 aromatic carbocycles. The molecule has 0 aliphatic carbocycles. The smallest absolute Gasteiger partial charge is 0.0931 e. The van der Waals surface area contributed by atoms with Crippen molar-refractivity contribution in [1.29, 1.82) is 0 Å². The van der Waals surface area contributed by atoms with E-state index in [4.69, 9.17) is 5.11 Å². The van der Waals surface area contributed by atoms with Gasteiger partial charge in [0.25, 0.3) is 0 Å². The minimum Gasteiger partial charge on any atom is -0.396 e. The van der Waals surface area contributed by atoms with Gasteiger partial charge in [0.05, 0.1) is 10.7 Å². The van der Waals surface area contributed by atoms with E-state index in [0.29, 0.717) is 6.42 Å². The van der Waals surface area contributed by atoms with Crippen LogP contribution in [0.1, 0.15) is 17.1 Å². The molecule has 2 rings (SSSR count). The summed E-state index contributed by atoms with van der Waals surface area (Å²) >= 11 is 1.74. The van der Waals surface area contributed by atoms with E-state index < -0.39 is 0 Å². The number of likely N-dealkylation sites (tertiary alicyclic amines) is 1. The molecule has 1 aromatic rings. The molecule has 0 amide bonds. The van der Waals surface area contributed by atoms with Gasteiger partial charge in [-0.05, 0) is 25.9 Å². The van der Waals surface area contributed by atoms with E-state index >= 15 is 0 Å². The first-order valence-electron chi connectivity index (χ1n) is 5.50. The van der Waals surface area contributed by atoms with Crippen molar-refractivity contribution in [1.82, 2.24) is 9.88 Å². The summed E-state index contributed by atoms with van der Waals surface area (Å²) in [5.74, 6) is 0.781. The number of aromatic nitrogens is 1. The predicted molar refractivity (Wildman–Crippen MR) is 62.2 cm³/mol.